The van der Waals surface area contributed by atoms with Gasteiger partial charge < -0.3 is 11.1 Å². The highest BCUT2D eigenvalue weighted by atomic mass is 35.5. The SMILES string of the molecule is CCSC(=N)Nc1ccc(-n2cccn2)c(CN)c1C.Cl. The number of nitrogens with two attached hydrogens (primary N) is 1. The summed E-state index contributed by atoms with van der Waals surface area (Å²) in [5, 5.41) is 15.7. The van der Waals surface area contributed by atoms with Crippen LogP contribution in [-0.4, -0.2) is 20.7 Å². The molecule has 21 heavy (non-hydrogen) atoms. The standard InChI is InChI=1S/C14H19N5S.ClH/c1-3-20-14(16)18-12-5-6-13(11(9-15)10(12)2)19-8-4-7-17-19;/h4-8H,3,9,15H2,1-2H3,(H2,16,18);1H. The van der Waals surface area contributed by atoms with Crippen LogP contribution in [0.5, 0.6) is 0 Å². The minimum absolute atomic E-state index is 0. The van der Waals surface area contributed by atoms with Gasteiger partial charge in [-0.15, -0.1) is 12.4 Å². The van der Waals surface area contributed by atoms with Crippen molar-refractivity contribution in [3.63, 3.8) is 0 Å². The predicted molar refractivity (Wildman–Crippen MR) is 92.9 cm³/mol. The number of halogens is 1. The molecular formula is C14H20ClN5S. The first-order chi connectivity index (χ1) is 9.67. The highest BCUT2D eigenvalue weighted by Gasteiger charge is 2.11. The molecule has 0 aliphatic rings. The van der Waals surface area contributed by atoms with Crippen molar-refractivity contribution in [1.29, 1.82) is 5.41 Å². The molecule has 4 N–H and O–H groups in total. The van der Waals surface area contributed by atoms with E-state index in [1.165, 1.54) is 11.8 Å². The Kier molecular flexibility index (Phi) is 6.74. The first-order valence-corrected chi connectivity index (χ1v) is 7.46. The van der Waals surface area contributed by atoms with E-state index in [1.807, 2.05) is 42.9 Å². The van der Waals surface area contributed by atoms with Crippen molar-refractivity contribution in [3.05, 3.63) is 41.7 Å². The van der Waals surface area contributed by atoms with Crippen LogP contribution in [0.3, 0.4) is 0 Å². The summed E-state index contributed by atoms with van der Waals surface area (Å²) < 4.78 is 1.81. The summed E-state index contributed by atoms with van der Waals surface area (Å²) in [5.74, 6) is 0.875. The molecule has 2 rings (SSSR count). The van der Waals surface area contributed by atoms with E-state index >= 15 is 0 Å². The third-order valence-electron chi connectivity index (χ3n) is 3.07. The van der Waals surface area contributed by atoms with E-state index in [0.29, 0.717) is 11.7 Å². The lowest BCUT2D eigenvalue weighted by molar-refractivity contribution is 0.855. The third-order valence-corrected chi connectivity index (χ3v) is 3.75. The lowest BCUT2D eigenvalue weighted by atomic mass is 10.0. The minimum atomic E-state index is 0. The highest BCUT2D eigenvalue weighted by Crippen LogP contribution is 2.25. The normalized spacial score (nSPS) is 10.0. The molecule has 0 fully saturated rings. The molecule has 5 nitrogen and oxygen atoms in total. The Hall–Kier alpha value is -1.50. The first kappa shape index (κ1) is 17.6. The molecule has 114 valence electrons. The van der Waals surface area contributed by atoms with Gasteiger partial charge >= 0.3 is 0 Å². The van der Waals surface area contributed by atoms with Crippen molar-refractivity contribution in [1.82, 2.24) is 9.78 Å². The zero-order valence-corrected chi connectivity index (χ0v) is 13.7. The molecule has 0 aliphatic carbocycles. The van der Waals surface area contributed by atoms with Gasteiger partial charge in [0.2, 0.25) is 0 Å². The Bertz CT molecular complexity index is 598. The third kappa shape index (κ3) is 4.00. The summed E-state index contributed by atoms with van der Waals surface area (Å²) in [7, 11) is 0. The number of nitrogens with zero attached hydrogens (tertiary/aromatic N) is 2. The van der Waals surface area contributed by atoms with Gasteiger partial charge in [0.1, 0.15) is 0 Å². The van der Waals surface area contributed by atoms with E-state index in [1.54, 1.807) is 6.20 Å². The van der Waals surface area contributed by atoms with Crippen molar-refractivity contribution >= 4 is 35.0 Å². The van der Waals surface area contributed by atoms with Gasteiger partial charge in [0.05, 0.1) is 5.69 Å². The molecular weight excluding hydrogens is 306 g/mol. The molecule has 0 bridgehead atoms. The Balaban J connectivity index is 0.00000220. The van der Waals surface area contributed by atoms with Crippen LogP contribution in [0, 0.1) is 12.3 Å². The van der Waals surface area contributed by atoms with Crippen LogP contribution < -0.4 is 11.1 Å². The van der Waals surface area contributed by atoms with E-state index in [-0.39, 0.29) is 12.4 Å². The lowest BCUT2D eigenvalue weighted by Gasteiger charge is -2.16. The number of nitrogens with one attached hydrogen (secondary N) is 2. The average Bonchev–Trinajstić information content (AvgIpc) is 2.95. The van der Waals surface area contributed by atoms with Crippen molar-refractivity contribution in [2.24, 2.45) is 5.73 Å². The van der Waals surface area contributed by atoms with Gasteiger partial charge in [0, 0.05) is 24.6 Å². The molecule has 0 amide bonds. The molecule has 0 spiro atoms. The Labute approximate surface area is 135 Å². The summed E-state index contributed by atoms with van der Waals surface area (Å²) in [4.78, 5) is 0. The lowest BCUT2D eigenvalue weighted by Crippen LogP contribution is -2.12. The number of rotatable bonds is 4. The Morgan fingerprint density at radius 2 is 2.24 bits per heavy atom. The molecule has 1 aromatic heterocycles. The topological polar surface area (TPSA) is 79.7 Å². The number of aromatic nitrogens is 2. The molecule has 0 unspecified atom stereocenters. The van der Waals surface area contributed by atoms with Crippen LogP contribution in [0.4, 0.5) is 5.69 Å². The smallest absolute Gasteiger partial charge is 0.158 e. The van der Waals surface area contributed by atoms with E-state index < -0.39 is 0 Å². The van der Waals surface area contributed by atoms with Gasteiger partial charge in [-0.1, -0.05) is 18.7 Å². The minimum Gasteiger partial charge on any atom is -0.335 e. The Morgan fingerprint density at radius 3 is 2.81 bits per heavy atom. The van der Waals surface area contributed by atoms with Gasteiger partial charge in [-0.05, 0) is 42.0 Å². The van der Waals surface area contributed by atoms with Crippen LogP contribution in [0.25, 0.3) is 5.69 Å². The number of benzene rings is 1. The van der Waals surface area contributed by atoms with Crippen LogP contribution in [0.15, 0.2) is 30.6 Å². The molecule has 0 radical (unpaired) electrons. The van der Waals surface area contributed by atoms with Crippen LogP contribution in [0.1, 0.15) is 18.1 Å². The maximum Gasteiger partial charge on any atom is 0.158 e. The van der Waals surface area contributed by atoms with Crippen LogP contribution >= 0.6 is 24.2 Å². The van der Waals surface area contributed by atoms with Crippen molar-refractivity contribution in [3.8, 4) is 5.69 Å². The fourth-order valence-corrected chi connectivity index (χ4v) is 2.54. The van der Waals surface area contributed by atoms with Gasteiger partial charge in [-0.25, -0.2) is 4.68 Å². The Morgan fingerprint density at radius 1 is 1.48 bits per heavy atom. The molecule has 0 atom stereocenters. The van der Waals surface area contributed by atoms with E-state index in [0.717, 1.165) is 28.3 Å². The number of thioether (sulfide) groups is 1. The maximum absolute atomic E-state index is 7.85. The predicted octanol–water partition coefficient (Wildman–Crippen LogP) is 3.16. The molecule has 0 saturated carbocycles. The van der Waals surface area contributed by atoms with Crippen molar-refractivity contribution < 1.29 is 0 Å². The van der Waals surface area contributed by atoms with E-state index in [2.05, 4.69) is 10.4 Å². The summed E-state index contributed by atoms with van der Waals surface area (Å²) >= 11 is 1.47. The van der Waals surface area contributed by atoms with Crippen molar-refractivity contribution in [2.45, 2.75) is 20.4 Å². The molecule has 1 heterocycles. The molecule has 2 aromatic rings. The average molecular weight is 326 g/mol. The van der Waals surface area contributed by atoms with E-state index in [4.69, 9.17) is 11.1 Å². The second-order valence-electron chi connectivity index (χ2n) is 4.28. The second-order valence-corrected chi connectivity index (χ2v) is 5.55. The van der Waals surface area contributed by atoms with Gasteiger partial charge in [-0.2, -0.15) is 5.10 Å². The zero-order valence-electron chi connectivity index (χ0n) is 12.1. The monoisotopic (exact) mass is 325 g/mol. The summed E-state index contributed by atoms with van der Waals surface area (Å²) in [6, 6.07) is 5.83. The number of hydrogen-bond acceptors (Lipinski definition) is 4. The van der Waals surface area contributed by atoms with Crippen molar-refractivity contribution in [2.75, 3.05) is 11.1 Å². The first-order valence-electron chi connectivity index (χ1n) is 6.48. The quantitative estimate of drug-likeness (QED) is 0.596. The van der Waals surface area contributed by atoms with Crippen LogP contribution in [-0.2, 0) is 6.54 Å². The van der Waals surface area contributed by atoms with Gasteiger partial charge in [0.25, 0.3) is 0 Å². The molecule has 1 aromatic carbocycles. The van der Waals surface area contributed by atoms with Gasteiger partial charge in [0.15, 0.2) is 5.17 Å². The maximum atomic E-state index is 7.85. The summed E-state index contributed by atoms with van der Waals surface area (Å²) in [6.07, 6.45) is 3.64. The number of anilines is 1. The number of amidine groups is 1. The fourth-order valence-electron chi connectivity index (χ4n) is 2.06. The second kappa shape index (κ2) is 8.07. The molecule has 0 aliphatic heterocycles. The number of hydrogen-bond donors (Lipinski definition) is 3. The van der Waals surface area contributed by atoms with E-state index in [9.17, 15) is 0 Å². The summed E-state index contributed by atoms with van der Waals surface area (Å²) in [5.41, 5.74) is 9.89. The largest absolute Gasteiger partial charge is 0.335 e. The highest BCUT2D eigenvalue weighted by molar-refractivity contribution is 8.14. The molecule has 7 heteroatoms. The fraction of sp³-hybridized carbons (Fsp3) is 0.286. The molecule has 0 saturated heterocycles. The zero-order chi connectivity index (χ0) is 14.5. The summed E-state index contributed by atoms with van der Waals surface area (Å²) in [6.45, 7) is 4.48. The van der Waals surface area contributed by atoms with Gasteiger partial charge in [-0.3, -0.25) is 5.41 Å². The van der Waals surface area contributed by atoms with Crippen LogP contribution in [0.2, 0.25) is 0 Å².